The monoisotopic (exact) mass is 197 g/mol. The maximum absolute atomic E-state index is 5.38. The summed E-state index contributed by atoms with van der Waals surface area (Å²) in [6, 6.07) is 0. The zero-order valence-electron chi connectivity index (χ0n) is 8.69. The first-order valence-corrected chi connectivity index (χ1v) is 5.78. The van der Waals surface area contributed by atoms with Gasteiger partial charge in [-0.25, -0.2) is 0 Å². The number of piperidine rings is 1. The molecule has 4 heteroatoms. The first-order valence-electron chi connectivity index (χ1n) is 5.78. The molecule has 4 nitrogen and oxygen atoms in total. The van der Waals surface area contributed by atoms with Gasteiger partial charge < -0.3 is 4.74 Å². The van der Waals surface area contributed by atoms with E-state index in [9.17, 15) is 0 Å². The van der Waals surface area contributed by atoms with Crippen LogP contribution in [-0.4, -0.2) is 56.1 Å². The van der Waals surface area contributed by atoms with Gasteiger partial charge in [0.2, 0.25) is 0 Å². The van der Waals surface area contributed by atoms with Gasteiger partial charge in [0.25, 0.3) is 0 Å². The smallest absolute Gasteiger partial charge is 0.169 e. The van der Waals surface area contributed by atoms with E-state index < -0.39 is 0 Å². The highest BCUT2D eigenvalue weighted by Crippen LogP contribution is 2.27. The fourth-order valence-electron chi connectivity index (χ4n) is 2.76. The normalized spacial score (nSPS) is 40.3. The van der Waals surface area contributed by atoms with E-state index in [1.807, 2.05) is 0 Å². The third kappa shape index (κ3) is 1.56. The highest BCUT2D eigenvalue weighted by atomic mass is 16.5. The highest BCUT2D eigenvalue weighted by Gasteiger charge is 2.41. The molecule has 79 valence electrons. The van der Waals surface area contributed by atoms with Crippen molar-refractivity contribution in [1.29, 1.82) is 0 Å². The molecule has 1 radical (unpaired) electrons. The molecule has 0 unspecified atom stereocenters. The SMILES string of the molecule is C1C[N+](N2CC3CCN2CC3)CCO1. The van der Waals surface area contributed by atoms with Crippen molar-refractivity contribution in [2.45, 2.75) is 12.8 Å². The molecular weight excluding hydrogens is 178 g/mol. The summed E-state index contributed by atoms with van der Waals surface area (Å²) in [4.78, 5) is 0. The van der Waals surface area contributed by atoms with Crippen LogP contribution in [-0.2, 0) is 4.74 Å². The molecule has 14 heavy (non-hydrogen) atoms. The van der Waals surface area contributed by atoms with E-state index in [4.69, 9.17) is 4.74 Å². The van der Waals surface area contributed by atoms with Gasteiger partial charge in [-0.05, 0) is 23.9 Å². The Labute approximate surface area is 85.3 Å². The second kappa shape index (κ2) is 3.77. The molecule has 0 N–H and O–H groups in total. The topological polar surface area (TPSA) is 21.6 Å². The summed E-state index contributed by atoms with van der Waals surface area (Å²) in [5, 5.41) is 7.47. The van der Waals surface area contributed by atoms with Crippen LogP contribution in [0.4, 0.5) is 0 Å². The van der Waals surface area contributed by atoms with Gasteiger partial charge in [0.05, 0.1) is 6.54 Å². The van der Waals surface area contributed by atoms with Gasteiger partial charge in [-0.2, -0.15) is 5.01 Å². The minimum absolute atomic E-state index is 0.898. The quantitative estimate of drug-likeness (QED) is 0.553. The van der Waals surface area contributed by atoms with E-state index in [0.717, 1.165) is 32.2 Å². The third-order valence-electron chi connectivity index (χ3n) is 3.65. The van der Waals surface area contributed by atoms with E-state index in [0.29, 0.717) is 0 Å². The Bertz CT molecular complexity index is 198. The first kappa shape index (κ1) is 9.09. The summed E-state index contributed by atoms with van der Waals surface area (Å²) in [5.41, 5.74) is 0. The summed E-state index contributed by atoms with van der Waals surface area (Å²) in [6.07, 6.45) is 2.81. The van der Waals surface area contributed by atoms with E-state index in [1.165, 1.54) is 32.5 Å². The van der Waals surface area contributed by atoms with E-state index in [2.05, 4.69) is 15.1 Å². The highest BCUT2D eigenvalue weighted by molar-refractivity contribution is 4.81. The number of rotatable bonds is 1. The van der Waals surface area contributed by atoms with E-state index in [1.54, 1.807) is 0 Å². The van der Waals surface area contributed by atoms with Gasteiger partial charge >= 0.3 is 0 Å². The lowest BCUT2D eigenvalue weighted by molar-refractivity contribution is -0.203. The van der Waals surface area contributed by atoms with Gasteiger partial charge in [-0.1, -0.05) is 5.01 Å². The maximum atomic E-state index is 5.38. The van der Waals surface area contributed by atoms with Gasteiger partial charge in [-0.3, -0.25) is 0 Å². The minimum atomic E-state index is 0.898. The number of ether oxygens (including phenoxy) is 1. The summed E-state index contributed by atoms with van der Waals surface area (Å²) in [6.45, 7) is 7.72. The van der Waals surface area contributed by atoms with Crippen LogP contribution in [0.15, 0.2) is 0 Å². The second-order valence-electron chi connectivity index (χ2n) is 4.52. The van der Waals surface area contributed by atoms with Crippen molar-refractivity contribution >= 4 is 0 Å². The van der Waals surface area contributed by atoms with Gasteiger partial charge in [0.15, 0.2) is 13.1 Å². The van der Waals surface area contributed by atoms with E-state index >= 15 is 0 Å². The van der Waals surface area contributed by atoms with Crippen LogP contribution < -0.4 is 5.01 Å². The molecule has 0 atom stereocenters. The van der Waals surface area contributed by atoms with E-state index in [-0.39, 0.29) is 0 Å². The standard InChI is InChI=1S/C10H19N3O/c1-3-11-4-2-10(1)9-13(11)12-5-7-14-8-6-12/h10H,1-9H2/q+1. The Kier molecular flexibility index (Phi) is 2.45. The van der Waals surface area contributed by atoms with Crippen LogP contribution in [0.2, 0.25) is 0 Å². The summed E-state index contributed by atoms with van der Waals surface area (Å²) >= 11 is 0. The predicted octanol–water partition coefficient (Wildman–Crippen LogP) is 0.0143. The molecule has 0 spiro atoms. The summed E-state index contributed by atoms with van der Waals surface area (Å²) in [7, 11) is 0. The lowest BCUT2D eigenvalue weighted by atomic mass is 9.95. The Balaban J connectivity index is 1.66. The van der Waals surface area contributed by atoms with Gasteiger partial charge in [0.1, 0.15) is 13.2 Å². The minimum Gasteiger partial charge on any atom is -0.369 e. The number of hydrogen-bond acceptors (Lipinski definition) is 4. The lowest BCUT2D eigenvalue weighted by Gasteiger charge is -2.45. The summed E-state index contributed by atoms with van der Waals surface area (Å²) in [5.74, 6) is 0.947. The zero-order valence-corrected chi connectivity index (χ0v) is 8.69. The van der Waals surface area contributed by atoms with Gasteiger partial charge in [-0.15, -0.1) is 0 Å². The van der Waals surface area contributed by atoms with Crippen LogP contribution in [0.25, 0.3) is 0 Å². The molecule has 2 bridgehead atoms. The number of hydrogen-bond donors (Lipinski definition) is 0. The molecule has 4 aliphatic heterocycles. The van der Waals surface area contributed by atoms with Crippen LogP contribution >= 0.6 is 0 Å². The fourth-order valence-corrected chi connectivity index (χ4v) is 2.76. The Morgan fingerprint density at radius 1 is 1.07 bits per heavy atom. The number of hydrazine groups is 2. The van der Waals surface area contributed by atoms with Crippen LogP contribution in [0.5, 0.6) is 0 Å². The largest absolute Gasteiger partial charge is 0.369 e. The second-order valence-corrected chi connectivity index (χ2v) is 4.52. The molecule has 4 heterocycles. The third-order valence-corrected chi connectivity index (χ3v) is 3.65. The average Bonchev–Trinajstić information content (AvgIpc) is 2.32. The number of nitrogens with zero attached hydrogens (tertiary/aromatic N) is 3. The van der Waals surface area contributed by atoms with Crippen molar-refractivity contribution in [2.75, 3.05) is 45.9 Å². The van der Waals surface area contributed by atoms with Crippen molar-refractivity contribution in [3.8, 4) is 0 Å². The van der Waals surface area contributed by atoms with Crippen molar-refractivity contribution in [3.05, 3.63) is 0 Å². The van der Waals surface area contributed by atoms with Crippen LogP contribution in [0, 0.1) is 5.92 Å². The number of fused-ring (bicyclic) bond motifs is 3. The van der Waals surface area contributed by atoms with Crippen molar-refractivity contribution in [3.63, 3.8) is 0 Å². The Morgan fingerprint density at radius 3 is 2.36 bits per heavy atom. The molecule has 4 saturated heterocycles. The van der Waals surface area contributed by atoms with Gasteiger partial charge in [0, 0.05) is 13.1 Å². The molecule has 0 aromatic rings. The predicted molar refractivity (Wildman–Crippen MR) is 53.7 cm³/mol. The molecule has 4 aliphatic rings. The molecule has 0 aliphatic carbocycles. The Hall–Kier alpha value is -0.160. The Morgan fingerprint density at radius 2 is 1.79 bits per heavy atom. The maximum Gasteiger partial charge on any atom is 0.169 e. The van der Waals surface area contributed by atoms with Crippen molar-refractivity contribution < 1.29 is 4.74 Å². The molecule has 0 aromatic heterocycles. The molecule has 0 amide bonds. The first-order chi connectivity index (χ1) is 6.93. The molecule has 0 saturated carbocycles. The molecule has 0 aromatic carbocycles. The summed E-state index contributed by atoms with van der Waals surface area (Å²) < 4.78 is 5.38. The molecule has 4 fully saturated rings. The fraction of sp³-hybridized carbons (Fsp3) is 1.00. The van der Waals surface area contributed by atoms with Crippen LogP contribution in [0.3, 0.4) is 0 Å². The average molecular weight is 197 g/mol. The zero-order chi connectivity index (χ0) is 9.38. The van der Waals surface area contributed by atoms with Crippen LogP contribution in [0.1, 0.15) is 12.8 Å². The lowest BCUT2D eigenvalue weighted by Crippen LogP contribution is -2.66. The molecular formula is C10H19N3O+. The van der Waals surface area contributed by atoms with Crippen molar-refractivity contribution in [1.82, 2.24) is 15.1 Å². The number of morpholine rings is 1. The van der Waals surface area contributed by atoms with Crippen molar-refractivity contribution in [2.24, 2.45) is 5.92 Å². The molecule has 4 rings (SSSR count).